The second-order valence-electron chi connectivity index (χ2n) is 4.67. The monoisotopic (exact) mass is 542 g/mol. The van der Waals surface area contributed by atoms with Crippen molar-refractivity contribution in [3.8, 4) is 11.1 Å². The smallest absolute Gasteiger partial charge is 0.282 e. The maximum Gasteiger partial charge on any atom is 0.298 e. The van der Waals surface area contributed by atoms with E-state index in [4.69, 9.17) is 0 Å². The van der Waals surface area contributed by atoms with Crippen molar-refractivity contribution in [3.63, 3.8) is 0 Å². The molecule has 0 spiro atoms. The first-order valence-electron chi connectivity index (χ1n) is 5.98. The summed E-state index contributed by atoms with van der Waals surface area (Å²) >= 11 is 4.93. The average Bonchev–Trinajstić information content (AvgIpc) is 2.44. The Kier molecular flexibility index (Phi) is 5.58. The van der Waals surface area contributed by atoms with E-state index in [1.165, 1.54) is 0 Å². The minimum absolute atomic E-state index is 0.298. The summed E-state index contributed by atoms with van der Waals surface area (Å²) in [7, 11) is -11.2. The van der Waals surface area contributed by atoms with Crippen LogP contribution < -0.4 is 0 Å². The molecule has 2 N–H and O–H groups in total. The molecule has 0 fully saturated rings. The molecule has 0 aliphatic heterocycles. The van der Waals surface area contributed by atoms with Crippen LogP contribution in [0.4, 0.5) is 17.6 Å². The van der Waals surface area contributed by atoms with E-state index in [1.54, 1.807) is 0 Å². The zero-order valence-electron chi connectivity index (χ0n) is 11.8. The minimum Gasteiger partial charge on any atom is -0.282 e. The summed E-state index contributed by atoms with van der Waals surface area (Å²) in [6.45, 7) is 0. The molecule has 0 bridgehead atoms. The van der Waals surface area contributed by atoms with Crippen molar-refractivity contribution in [2.75, 3.05) is 0 Å². The summed E-state index contributed by atoms with van der Waals surface area (Å²) in [6, 6.07) is 0.596. The summed E-state index contributed by atoms with van der Waals surface area (Å²) in [6.07, 6.45) is 0. The lowest BCUT2D eigenvalue weighted by Crippen LogP contribution is -2.12. The van der Waals surface area contributed by atoms with Gasteiger partial charge in [-0.25, -0.2) is 17.6 Å². The van der Waals surface area contributed by atoms with E-state index in [0.29, 0.717) is 12.1 Å². The van der Waals surface area contributed by atoms with Gasteiger partial charge in [0.05, 0.1) is 8.95 Å². The highest BCUT2D eigenvalue weighted by Gasteiger charge is 2.35. The maximum atomic E-state index is 14.3. The molecule has 0 unspecified atom stereocenters. The molecule has 6 nitrogen and oxygen atoms in total. The number of hydrogen-bond donors (Lipinski definition) is 2. The molecule has 0 radical (unpaired) electrons. The van der Waals surface area contributed by atoms with Crippen molar-refractivity contribution in [1.29, 1.82) is 0 Å². The van der Waals surface area contributed by atoms with Crippen molar-refractivity contribution in [2.45, 2.75) is 9.79 Å². The molecule has 14 heteroatoms. The molecule has 2 aromatic rings. The van der Waals surface area contributed by atoms with Gasteiger partial charge in [-0.15, -0.1) is 0 Å². The zero-order valence-corrected chi connectivity index (χ0v) is 16.6. The third-order valence-corrected chi connectivity index (χ3v) is 5.98. The fourth-order valence-corrected chi connectivity index (χ4v) is 4.75. The first kappa shape index (κ1) is 21.2. The number of halogens is 6. The molecular weight excluding hydrogens is 540 g/mol. The highest BCUT2D eigenvalue weighted by atomic mass is 79.9. The van der Waals surface area contributed by atoms with Crippen LogP contribution in [0.25, 0.3) is 11.1 Å². The van der Waals surface area contributed by atoms with E-state index in [9.17, 15) is 43.5 Å². The predicted octanol–water partition coefficient (Wildman–Crippen LogP) is 3.93. The molecule has 0 aromatic heterocycles. The molecular formula is C12H4Br2F4O6S2. The van der Waals surface area contributed by atoms with Crippen molar-refractivity contribution < 1.29 is 43.5 Å². The molecule has 2 rings (SSSR count). The van der Waals surface area contributed by atoms with Gasteiger partial charge in [-0.1, -0.05) is 0 Å². The minimum atomic E-state index is -5.58. The summed E-state index contributed by atoms with van der Waals surface area (Å²) in [5, 5.41) is 0. The molecule has 0 heterocycles. The summed E-state index contributed by atoms with van der Waals surface area (Å²) < 4.78 is 120. The summed E-state index contributed by atoms with van der Waals surface area (Å²) in [5.41, 5.74) is -3.24. The van der Waals surface area contributed by atoms with Gasteiger partial charge in [0, 0.05) is 11.1 Å². The average molecular weight is 544 g/mol. The van der Waals surface area contributed by atoms with Crippen LogP contribution in [0.2, 0.25) is 0 Å². The number of benzene rings is 2. The Morgan fingerprint density at radius 1 is 0.692 bits per heavy atom. The largest absolute Gasteiger partial charge is 0.298 e. The number of rotatable bonds is 3. The van der Waals surface area contributed by atoms with Crippen LogP contribution in [0, 0.1) is 23.3 Å². The van der Waals surface area contributed by atoms with Crippen molar-refractivity contribution >= 4 is 52.1 Å². The SMILES string of the molecule is O=S(=O)(O)c1c(F)c(Br)cc(F)c1-c1c(F)cc(Br)c(F)c1S(=O)(=O)O. The van der Waals surface area contributed by atoms with E-state index >= 15 is 0 Å². The lowest BCUT2D eigenvalue weighted by Gasteiger charge is -2.15. The zero-order chi connectivity index (χ0) is 20.2. The third-order valence-electron chi connectivity index (χ3n) is 3.02. The topological polar surface area (TPSA) is 109 Å². The van der Waals surface area contributed by atoms with Gasteiger partial charge in [-0.2, -0.15) is 16.8 Å². The molecule has 0 amide bonds. The van der Waals surface area contributed by atoms with Gasteiger partial charge in [0.25, 0.3) is 20.2 Å². The van der Waals surface area contributed by atoms with Gasteiger partial charge >= 0.3 is 0 Å². The molecule has 0 aliphatic carbocycles. The second-order valence-corrected chi connectivity index (χ2v) is 9.09. The Balaban J connectivity index is 3.25. The Morgan fingerprint density at radius 2 is 0.962 bits per heavy atom. The Hall–Kier alpha value is -1.06. The maximum absolute atomic E-state index is 14.3. The van der Waals surface area contributed by atoms with Crippen LogP contribution in [-0.2, 0) is 20.2 Å². The Morgan fingerprint density at radius 3 is 1.19 bits per heavy atom. The van der Waals surface area contributed by atoms with E-state index in [0.717, 1.165) is 0 Å². The van der Waals surface area contributed by atoms with E-state index in [-0.39, 0.29) is 0 Å². The van der Waals surface area contributed by atoms with Crippen molar-refractivity contribution in [3.05, 3.63) is 44.3 Å². The van der Waals surface area contributed by atoms with Crippen LogP contribution >= 0.6 is 31.9 Å². The summed E-state index contributed by atoms with van der Waals surface area (Å²) in [4.78, 5) is -3.70. The predicted molar refractivity (Wildman–Crippen MR) is 86.7 cm³/mol. The highest BCUT2D eigenvalue weighted by Crippen LogP contribution is 2.42. The first-order chi connectivity index (χ1) is 11.7. The van der Waals surface area contributed by atoms with Crippen LogP contribution in [0.1, 0.15) is 0 Å². The normalized spacial score (nSPS) is 12.5. The van der Waals surface area contributed by atoms with Gasteiger partial charge in [-0.05, 0) is 44.0 Å². The molecule has 0 atom stereocenters. The first-order valence-corrected chi connectivity index (χ1v) is 10.4. The lowest BCUT2D eigenvalue weighted by atomic mass is 10.0. The van der Waals surface area contributed by atoms with Crippen molar-refractivity contribution in [2.24, 2.45) is 0 Å². The quantitative estimate of drug-likeness (QED) is 0.345. The van der Waals surface area contributed by atoms with E-state index in [2.05, 4.69) is 31.9 Å². The summed E-state index contributed by atoms with van der Waals surface area (Å²) in [5.74, 6) is -7.05. The van der Waals surface area contributed by atoms with Crippen molar-refractivity contribution in [1.82, 2.24) is 0 Å². The highest BCUT2D eigenvalue weighted by molar-refractivity contribution is 9.10. The fourth-order valence-electron chi connectivity index (χ4n) is 2.10. The fraction of sp³-hybridized carbons (Fsp3) is 0. The van der Waals surface area contributed by atoms with Gasteiger partial charge in [0.2, 0.25) is 0 Å². The van der Waals surface area contributed by atoms with Crippen LogP contribution in [0.15, 0.2) is 30.9 Å². The van der Waals surface area contributed by atoms with Gasteiger partial charge in [-0.3, -0.25) is 9.11 Å². The molecule has 0 aliphatic rings. The third kappa shape index (κ3) is 3.66. The standard InChI is InChI=1S/C12H4Br2F4O6S2/c13-3-1-5(15)7(11(9(3)17)25(19,20)21)8-6(16)2-4(14)10(18)12(8)26(22,23)24/h1-2H,(H,19,20,21)(H,22,23,24). The van der Waals surface area contributed by atoms with Crippen LogP contribution in [0.3, 0.4) is 0 Å². The molecule has 142 valence electrons. The lowest BCUT2D eigenvalue weighted by molar-refractivity contribution is 0.464. The second kappa shape index (κ2) is 6.83. The van der Waals surface area contributed by atoms with Gasteiger partial charge < -0.3 is 0 Å². The van der Waals surface area contributed by atoms with Crippen LogP contribution in [0.5, 0.6) is 0 Å². The Bertz CT molecular complexity index is 1060. The molecule has 0 saturated carbocycles. The van der Waals surface area contributed by atoms with Gasteiger partial charge in [0.1, 0.15) is 21.4 Å². The van der Waals surface area contributed by atoms with Gasteiger partial charge in [0.15, 0.2) is 11.6 Å². The Labute approximate surface area is 160 Å². The molecule has 2 aromatic carbocycles. The number of hydrogen-bond acceptors (Lipinski definition) is 4. The van der Waals surface area contributed by atoms with Crippen LogP contribution in [-0.4, -0.2) is 25.9 Å². The van der Waals surface area contributed by atoms with E-state index in [1.807, 2.05) is 0 Å². The van der Waals surface area contributed by atoms with E-state index < -0.39 is 73.4 Å². The molecule has 0 saturated heterocycles. The molecule has 26 heavy (non-hydrogen) atoms.